The molecule has 3 heterocycles. The minimum atomic E-state index is -0.684. The van der Waals surface area contributed by atoms with E-state index in [1.165, 1.54) is 11.9 Å². The van der Waals surface area contributed by atoms with E-state index in [4.69, 9.17) is 16.7 Å². The maximum atomic E-state index is 13.0. The Labute approximate surface area is 178 Å². The standard InChI is InChI=1S/C21H18ClN6O2/c1-25-18-17(19(29)26(2)21(25)30)27-12-16(13-8-10-14(22)11-9-13)24-28(20(27)23-18)15-6-4-3-5-7-15/h3-11,17H,12H2,1-2H3/q+1. The highest BCUT2D eigenvalue weighted by molar-refractivity contribution is 6.30. The predicted molar refractivity (Wildman–Crippen MR) is 114 cm³/mol. The van der Waals surface area contributed by atoms with Crippen molar-refractivity contribution in [2.75, 3.05) is 25.6 Å². The fourth-order valence-electron chi connectivity index (χ4n) is 3.81. The van der Waals surface area contributed by atoms with Crippen molar-refractivity contribution < 1.29 is 14.2 Å². The van der Waals surface area contributed by atoms with E-state index in [0.29, 0.717) is 23.4 Å². The Hall–Kier alpha value is -3.52. The monoisotopic (exact) mass is 421 g/mol. The van der Waals surface area contributed by atoms with Gasteiger partial charge < -0.3 is 0 Å². The first-order valence-corrected chi connectivity index (χ1v) is 9.79. The molecule has 3 aliphatic rings. The van der Waals surface area contributed by atoms with Crippen molar-refractivity contribution in [3.63, 3.8) is 0 Å². The van der Waals surface area contributed by atoms with Gasteiger partial charge in [0.2, 0.25) is 11.9 Å². The Kier molecular flexibility index (Phi) is 4.18. The van der Waals surface area contributed by atoms with Crippen molar-refractivity contribution in [2.45, 2.75) is 6.04 Å². The highest BCUT2D eigenvalue weighted by atomic mass is 35.5. The number of hydrazone groups is 1. The average Bonchev–Trinajstić information content (AvgIpc) is 3.16. The molecule has 2 aromatic rings. The van der Waals surface area contributed by atoms with Gasteiger partial charge >= 0.3 is 12.0 Å². The molecule has 1 atom stereocenters. The third kappa shape index (κ3) is 2.72. The molecule has 0 radical (unpaired) electrons. The first-order valence-electron chi connectivity index (χ1n) is 9.42. The van der Waals surface area contributed by atoms with Crippen LogP contribution in [0.2, 0.25) is 5.02 Å². The minimum Gasteiger partial charge on any atom is -0.270 e. The number of carbonyl (C=O) groups excluding carboxylic acids is 2. The van der Waals surface area contributed by atoms with Gasteiger partial charge in [-0.1, -0.05) is 46.9 Å². The van der Waals surface area contributed by atoms with E-state index in [-0.39, 0.29) is 5.91 Å². The van der Waals surface area contributed by atoms with Crippen LogP contribution in [0.3, 0.4) is 0 Å². The summed E-state index contributed by atoms with van der Waals surface area (Å²) in [6.45, 7) is 0.375. The van der Waals surface area contributed by atoms with Gasteiger partial charge in [-0.15, -0.1) is 10.1 Å². The lowest BCUT2D eigenvalue weighted by Gasteiger charge is -2.32. The number of likely N-dealkylation sites (N-methyl/N-ethyl adjacent to an activating group) is 2. The first-order chi connectivity index (χ1) is 14.5. The lowest BCUT2D eigenvalue weighted by molar-refractivity contribution is -0.522. The average molecular weight is 422 g/mol. The molecule has 1 fully saturated rings. The normalized spacial score (nSPS) is 20.9. The number of hydrogen-bond acceptors (Lipinski definition) is 5. The van der Waals surface area contributed by atoms with Gasteiger partial charge in [-0.05, 0) is 24.3 Å². The van der Waals surface area contributed by atoms with Gasteiger partial charge in [0.25, 0.3) is 5.91 Å². The largest absolute Gasteiger partial charge is 0.422 e. The molecule has 2 aromatic carbocycles. The van der Waals surface area contributed by atoms with Gasteiger partial charge in [0, 0.05) is 24.7 Å². The molecule has 0 saturated carbocycles. The van der Waals surface area contributed by atoms with Gasteiger partial charge in [0.1, 0.15) is 17.9 Å². The van der Waals surface area contributed by atoms with Crippen LogP contribution in [0.1, 0.15) is 5.56 Å². The molecule has 150 valence electrons. The molecule has 0 N–H and O–H groups in total. The van der Waals surface area contributed by atoms with Crippen molar-refractivity contribution in [1.29, 1.82) is 0 Å². The second-order valence-corrected chi connectivity index (χ2v) is 7.68. The zero-order valence-electron chi connectivity index (χ0n) is 16.4. The van der Waals surface area contributed by atoms with Crippen LogP contribution in [0.4, 0.5) is 10.5 Å². The number of urea groups is 1. The molecular weight excluding hydrogens is 404 g/mol. The molecular formula is C21H18ClN6O2+. The maximum Gasteiger partial charge on any atom is 0.422 e. The number of para-hydroxylation sites is 1. The molecule has 3 amide bonds. The van der Waals surface area contributed by atoms with Crippen LogP contribution in [0.25, 0.3) is 0 Å². The van der Waals surface area contributed by atoms with E-state index in [1.54, 1.807) is 12.1 Å². The maximum absolute atomic E-state index is 13.0. The molecule has 0 aromatic heterocycles. The summed E-state index contributed by atoms with van der Waals surface area (Å²) in [5.74, 6) is 0.617. The number of imide groups is 1. The highest BCUT2D eigenvalue weighted by Crippen LogP contribution is 2.27. The summed E-state index contributed by atoms with van der Waals surface area (Å²) in [6, 6.07) is 15.9. The second kappa shape index (κ2) is 6.77. The number of hydrogen-bond donors (Lipinski definition) is 0. The number of halogens is 1. The number of carbonyl (C=O) groups is 2. The number of benzene rings is 2. The number of anilines is 1. The van der Waals surface area contributed by atoms with Gasteiger partial charge in [-0.3, -0.25) is 14.6 Å². The molecule has 8 nitrogen and oxygen atoms in total. The summed E-state index contributed by atoms with van der Waals surface area (Å²) < 4.78 is 1.89. The number of fused-ring (bicyclic) bond motifs is 2. The summed E-state index contributed by atoms with van der Waals surface area (Å²) in [4.78, 5) is 32.7. The molecule has 1 saturated heterocycles. The van der Waals surface area contributed by atoms with Crippen molar-refractivity contribution in [2.24, 2.45) is 10.1 Å². The fourth-order valence-corrected chi connectivity index (χ4v) is 3.93. The van der Waals surface area contributed by atoms with E-state index in [0.717, 1.165) is 21.9 Å². The van der Waals surface area contributed by atoms with Gasteiger partial charge in [-0.25, -0.2) is 9.37 Å². The van der Waals surface area contributed by atoms with E-state index in [9.17, 15) is 9.59 Å². The van der Waals surface area contributed by atoms with E-state index in [2.05, 4.69) is 4.99 Å². The smallest absolute Gasteiger partial charge is 0.270 e. The van der Waals surface area contributed by atoms with E-state index < -0.39 is 12.1 Å². The summed E-state index contributed by atoms with van der Waals surface area (Å²) >= 11 is 6.05. The highest BCUT2D eigenvalue weighted by Gasteiger charge is 2.54. The molecule has 0 spiro atoms. The zero-order chi connectivity index (χ0) is 21.0. The van der Waals surface area contributed by atoms with Gasteiger partial charge in [0.05, 0.1) is 0 Å². The van der Waals surface area contributed by atoms with Crippen molar-refractivity contribution in [1.82, 2.24) is 9.80 Å². The van der Waals surface area contributed by atoms with E-state index in [1.807, 2.05) is 59.2 Å². The van der Waals surface area contributed by atoms with Crippen molar-refractivity contribution in [3.8, 4) is 0 Å². The van der Waals surface area contributed by atoms with E-state index >= 15 is 0 Å². The Morgan fingerprint density at radius 3 is 2.40 bits per heavy atom. The van der Waals surface area contributed by atoms with Gasteiger partial charge in [-0.2, -0.15) is 0 Å². The number of amidine groups is 1. The lowest BCUT2D eigenvalue weighted by atomic mass is 10.1. The Morgan fingerprint density at radius 2 is 1.70 bits per heavy atom. The number of amides is 3. The Bertz CT molecular complexity index is 1160. The third-order valence-corrected chi connectivity index (χ3v) is 5.67. The molecule has 1 unspecified atom stereocenters. The topological polar surface area (TPSA) is 71.6 Å². The molecule has 9 heteroatoms. The molecule has 0 aliphatic carbocycles. The van der Waals surface area contributed by atoms with Crippen molar-refractivity contribution in [3.05, 3.63) is 65.2 Å². The van der Waals surface area contributed by atoms with Crippen molar-refractivity contribution >= 4 is 46.7 Å². The number of rotatable bonds is 2. The number of guanidine groups is 1. The summed E-state index contributed by atoms with van der Waals surface area (Å²) in [7, 11) is 3.12. The van der Waals surface area contributed by atoms with Crippen LogP contribution < -0.4 is 5.01 Å². The van der Waals surface area contributed by atoms with Crippen LogP contribution in [0.15, 0.2) is 64.7 Å². The lowest BCUT2D eigenvalue weighted by Crippen LogP contribution is -2.62. The zero-order valence-corrected chi connectivity index (χ0v) is 17.1. The first kappa shape index (κ1) is 18.5. The van der Waals surface area contributed by atoms with Crippen LogP contribution in [-0.4, -0.2) is 70.5 Å². The fraction of sp³-hybridized carbons (Fsp3) is 0.190. The third-order valence-electron chi connectivity index (χ3n) is 5.42. The van der Waals surface area contributed by atoms with Crippen LogP contribution in [0.5, 0.6) is 0 Å². The Morgan fingerprint density at radius 1 is 1.00 bits per heavy atom. The predicted octanol–water partition coefficient (Wildman–Crippen LogP) is 2.24. The summed E-state index contributed by atoms with van der Waals surface area (Å²) in [5, 5.41) is 7.18. The quantitative estimate of drug-likeness (QED) is 0.698. The molecule has 0 bridgehead atoms. The Balaban J connectivity index is 1.64. The van der Waals surface area contributed by atoms with Crippen LogP contribution in [-0.2, 0) is 4.79 Å². The SMILES string of the molecule is CN1C(=O)C2C(=NC3=[N+]2CC(c2ccc(Cl)cc2)=NN3c2ccccc2)N(C)C1=O. The number of nitrogens with zero attached hydrogens (tertiary/aromatic N) is 6. The molecule has 5 rings (SSSR count). The summed E-state index contributed by atoms with van der Waals surface area (Å²) in [6.07, 6.45) is 0. The second-order valence-electron chi connectivity index (χ2n) is 7.24. The summed E-state index contributed by atoms with van der Waals surface area (Å²) in [5.41, 5.74) is 2.47. The van der Waals surface area contributed by atoms with Crippen LogP contribution in [0, 0.1) is 0 Å². The van der Waals surface area contributed by atoms with Gasteiger partial charge in [0.15, 0.2) is 0 Å². The molecule has 3 aliphatic heterocycles. The van der Waals surface area contributed by atoms with Crippen LogP contribution >= 0.6 is 11.6 Å². The molecule has 30 heavy (non-hydrogen) atoms. The number of aliphatic imine (C=N–C) groups is 1. The minimum absolute atomic E-state index is 0.308.